The highest BCUT2D eigenvalue weighted by molar-refractivity contribution is 7.80. The number of fused-ring (bicyclic) bond motifs is 1. The number of aromatic amines is 1. The number of nitrogens with two attached hydrogens (primary N) is 1. The maximum Gasteiger partial charge on any atom is 0.326 e. The van der Waals surface area contributed by atoms with Gasteiger partial charge in [-0.1, -0.05) is 18.2 Å². The van der Waals surface area contributed by atoms with Gasteiger partial charge in [-0.2, -0.15) is 12.6 Å². The summed E-state index contributed by atoms with van der Waals surface area (Å²) in [6.07, 6.45) is 0.0325. The number of carboxylic acid groups (broad SMARTS) is 3. The summed E-state index contributed by atoms with van der Waals surface area (Å²) in [4.78, 5) is 74.7. The molecule has 9 N–H and O–H groups in total. The number of thiol groups is 1. The lowest BCUT2D eigenvalue weighted by molar-refractivity contribution is -0.143. The maximum atomic E-state index is 12.9. The van der Waals surface area contributed by atoms with Crippen LogP contribution in [-0.2, 0) is 35.2 Å². The van der Waals surface area contributed by atoms with Crippen LogP contribution >= 0.6 is 12.6 Å². The predicted octanol–water partition coefficient (Wildman–Crippen LogP) is -1.15. The second-order valence-corrected chi connectivity index (χ2v) is 8.77. The van der Waals surface area contributed by atoms with Gasteiger partial charge >= 0.3 is 17.9 Å². The number of rotatable bonds is 15. The molecule has 4 atom stereocenters. The zero-order valence-electron chi connectivity index (χ0n) is 20.0. The third-order valence-electron chi connectivity index (χ3n) is 5.55. The number of carbonyl (C=O) groups is 6. The highest BCUT2D eigenvalue weighted by atomic mass is 32.1. The Morgan fingerprint density at radius 3 is 2.08 bits per heavy atom. The van der Waals surface area contributed by atoms with Crippen molar-refractivity contribution in [1.82, 2.24) is 20.9 Å². The first-order valence-electron chi connectivity index (χ1n) is 11.4. The third-order valence-corrected chi connectivity index (χ3v) is 5.91. The highest BCUT2D eigenvalue weighted by Gasteiger charge is 2.31. The van der Waals surface area contributed by atoms with Crippen LogP contribution in [0.5, 0.6) is 0 Å². The SMILES string of the molecule is NC(CCC(=O)O)C(=O)NC(CS)C(=O)NC(CC(=O)O)C(=O)NC(Cc1c[nH]c2ccccc12)C(=O)O. The first-order chi connectivity index (χ1) is 17.9. The molecular formula is C23H29N5O9S. The van der Waals surface area contributed by atoms with E-state index in [0.717, 1.165) is 10.9 Å². The molecule has 14 nitrogen and oxygen atoms in total. The van der Waals surface area contributed by atoms with Crippen LogP contribution in [0, 0.1) is 0 Å². The van der Waals surface area contributed by atoms with Crippen molar-refractivity contribution in [2.45, 2.75) is 49.9 Å². The molecule has 206 valence electrons. The fourth-order valence-electron chi connectivity index (χ4n) is 3.53. The molecule has 0 saturated carbocycles. The van der Waals surface area contributed by atoms with Gasteiger partial charge in [-0.15, -0.1) is 0 Å². The van der Waals surface area contributed by atoms with Gasteiger partial charge in [-0.25, -0.2) is 4.79 Å². The Hall–Kier alpha value is -4.11. The van der Waals surface area contributed by atoms with E-state index >= 15 is 0 Å². The minimum absolute atomic E-state index is 0.123. The zero-order valence-corrected chi connectivity index (χ0v) is 20.9. The van der Waals surface area contributed by atoms with Crippen LogP contribution in [0.2, 0.25) is 0 Å². The average molecular weight is 552 g/mol. The Morgan fingerprint density at radius 1 is 0.868 bits per heavy atom. The summed E-state index contributed by atoms with van der Waals surface area (Å²) in [5, 5.41) is 35.1. The van der Waals surface area contributed by atoms with Gasteiger partial charge < -0.3 is 42.0 Å². The second kappa shape index (κ2) is 14.0. The summed E-state index contributed by atoms with van der Waals surface area (Å²) in [6, 6.07) is 1.43. The number of para-hydroxylation sites is 1. The lowest BCUT2D eigenvalue weighted by Crippen LogP contribution is -2.58. The number of carboxylic acids is 3. The van der Waals surface area contributed by atoms with Gasteiger partial charge in [0.1, 0.15) is 18.1 Å². The van der Waals surface area contributed by atoms with E-state index in [4.69, 9.17) is 10.8 Å². The lowest BCUT2D eigenvalue weighted by atomic mass is 10.0. The third kappa shape index (κ3) is 8.77. The van der Waals surface area contributed by atoms with E-state index in [0.29, 0.717) is 5.56 Å². The number of carbonyl (C=O) groups excluding carboxylic acids is 3. The minimum atomic E-state index is -1.68. The lowest BCUT2D eigenvalue weighted by Gasteiger charge is -2.23. The number of hydrogen-bond donors (Lipinski definition) is 9. The Bertz CT molecular complexity index is 1200. The van der Waals surface area contributed by atoms with E-state index in [9.17, 15) is 39.0 Å². The van der Waals surface area contributed by atoms with Crippen molar-refractivity contribution in [3.05, 3.63) is 36.0 Å². The van der Waals surface area contributed by atoms with E-state index in [1.165, 1.54) is 0 Å². The van der Waals surface area contributed by atoms with Crippen molar-refractivity contribution >= 4 is 59.2 Å². The average Bonchev–Trinajstić information content (AvgIpc) is 3.27. The van der Waals surface area contributed by atoms with Crippen molar-refractivity contribution in [1.29, 1.82) is 0 Å². The van der Waals surface area contributed by atoms with E-state index in [1.807, 2.05) is 0 Å². The van der Waals surface area contributed by atoms with E-state index in [-0.39, 0.29) is 25.0 Å². The van der Waals surface area contributed by atoms with Gasteiger partial charge in [-0.05, 0) is 18.1 Å². The molecule has 0 bridgehead atoms. The van der Waals surface area contributed by atoms with E-state index in [1.54, 1.807) is 30.5 Å². The van der Waals surface area contributed by atoms with Gasteiger partial charge in [0.2, 0.25) is 17.7 Å². The van der Waals surface area contributed by atoms with Gasteiger partial charge in [0.25, 0.3) is 0 Å². The summed E-state index contributed by atoms with van der Waals surface area (Å²) in [5.41, 5.74) is 6.99. The van der Waals surface area contributed by atoms with Crippen LogP contribution in [0.3, 0.4) is 0 Å². The standard InChI is InChI=1S/C23H29N5O9S/c24-13(5-6-18(29)30)20(33)28-17(10-38)22(35)26-15(8-19(31)32)21(34)27-16(23(36)37)7-11-9-25-14-4-2-1-3-12(11)14/h1-4,9,13,15-17,25,38H,5-8,10,24H2,(H,26,35)(H,27,34)(H,28,33)(H,29,30)(H,31,32)(H,36,37). The summed E-state index contributed by atoms with van der Waals surface area (Å²) >= 11 is 3.98. The van der Waals surface area contributed by atoms with Crippen molar-refractivity contribution in [2.75, 3.05) is 5.75 Å². The molecule has 0 spiro atoms. The summed E-state index contributed by atoms with van der Waals surface area (Å²) in [5.74, 6) is -7.12. The molecule has 1 aromatic heterocycles. The fraction of sp³-hybridized carbons (Fsp3) is 0.391. The number of aromatic nitrogens is 1. The quantitative estimate of drug-likeness (QED) is 0.120. The van der Waals surface area contributed by atoms with Gasteiger partial charge in [0.15, 0.2) is 0 Å². The van der Waals surface area contributed by atoms with Crippen molar-refractivity contribution in [2.24, 2.45) is 5.73 Å². The number of aliphatic carboxylic acids is 3. The number of hydrogen-bond acceptors (Lipinski definition) is 8. The normalized spacial score (nSPS) is 14.1. The molecule has 2 aromatic rings. The Kier molecular flexibility index (Phi) is 11.1. The van der Waals surface area contributed by atoms with Crippen LogP contribution in [0.1, 0.15) is 24.8 Å². The molecule has 1 aromatic carbocycles. The van der Waals surface area contributed by atoms with Crippen LogP contribution < -0.4 is 21.7 Å². The van der Waals surface area contributed by atoms with Gasteiger partial charge in [-0.3, -0.25) is 24.0 Å². The zero-order chi connectivity index (χ0) is 28.4. The molecule has 0 saturated heterocycles. The number of benzene rings is 1. The predicted molar refractivity (Wildman–Crippen MR) is 136 cm³/mol. The van der Waals surface area contributed by atoms with Crippen molar-refractivity contribution < 1.29 is 44.1 Å². The van der Waals surface area contributed by atoms with Crippen molar-refractivity contribution in [3.63, 3.8) is 0 Å². The molecule has 4 unspecified atom stereocenters. The van der Waals surface area contributed by atoms with E-state index in [2.05, 4.69) is 33.6 Å². The molecule has 0 aliphatic carbocycles. The van der Waals surface area contributed by atoms with Crippen molar-refractivity contribution in [3.8, 4) is 0 Å². The summed E-state index contributed by atoms with van der Waals surface area (Å²) in [7, 11) is 0. The molecule has 0 fully saturated rings. The van der Waals surface area contributed by atoms with Crippen LogP contribution in [0.4, 0.5) is 0 Å². The molecule has 2 rings (SSSR count). The monoisotopic (exact) mass is 551 g/mol. The molecule has 0 aliphatic rings. The number of amides is 3. The van der Waals surface area contributed by atoms with Crippen LogP contribution in [0.25, 0.3) is 10.9 Å². The second-order valence-electron chi connectivity index (χ2n) is 8.40. The largest absolute Gasteiger partial charge is 0.481 e. The highest BCUT2D eigenvalue weighted by Crippen LogP contribution is 2.19. The Labute approximate surface area is 221 Å². The molecular weight excluding hydrogens is 522 g/mol. The van der Waals surface area contributed by atoms with Crippen LogP contribution in [0.15, 0.2) is 30.5 Å². The fourth-order valence-corrected chi connectivity index (χ4v) is 3.79. The molecule has 38 heavy (non-hydrogen) atoms. The number of H-pyrrole nitrogens is 1. The van der Waals surface area contributed by atoms with E-state index < -0.39 is 66.2 Å². The summed E-state index contributed by atoms with van der Waals surface area (Å²) < 4.78 is 0. The Morgan fingerprint density at radius 2 is 1.47 bits per heavy atom. The van der Waals surface area contributed by atoms with Gasteiger partial charge in [0.05, 0.1) is 12.5 Å². The molecule has 1 heterocycles. The Balaban J connectivity index is 2.10. The molecule has 15 heteroatoms. The molecule has 3 amide bonds. The first kappa shape index (κ1) is 30.1. The summed E-state index contributed by atoms with van der Waals surface area (Å²) in [6.45, 7) is 0. The minimum Gasteiger partial charge on any atom is -0.481 e. The maximum absolute atomic E-state index is 12.9. The first-order valence-corrected chi connectivity index (χ1v) is 12.0. The van der Waals surface area contributed by atoms with Gasteiger partial charge in [0, 0.05) is 35.7 Å². The molecule has 0 aliphatic heterocycles. The number of nitrogens with one attached hydrogen (secondary N) is 4. The topological polar surface area (TPSA) is 241 Å². The smallest absolute Gasteiger partial charge is 0.326 e. The molecule has 0 radical (unpaired) electrons. The van der Waals surface area contributed by atoms with Crippen LogP contribution in [-0.4, -0.2) is 85.9 Å².